The Morgan fingerprint density at radius 3 is 2.46 bits per heavy atom. The Hall–Kier alpha value is -2.42. The zero-order valence-corrected chi connectivity index (χ0v) is 14.1. The van der Waals surface area contributed by atoms with Gasteiger partial charge in [0.2, 0.25) is 0 Å². The summed E-state index contributed by atoms with van der Waals surface area (Å²) in [6.45, 7) is 1.70. The molecule has 3 N–H and O–H groups in total. The van der Waals surface area contributed by atoms with Gasteiger partial charge in [-0.25, -0.2) is 4.98 Å². The van der Waals surface area contributed by atoms with Crippen molar-refractivity contribution in [1.82, 2.24) is 15.2 Å². The normalized spacial score (nSPS) is 20.8. The maximum Gasteiger partial charge on any atom is 0.418 e. The predicted octanol–water partition coefficient (Wildman–Crippen LogP) is 3.29. The zero-order valence-electron chi connectivity index (χ0n) is 14.1. The van der Waals surface area contributed by atoms with Crippen LogP contribution in [-0.4, -0.2) is 37.5 Å². The predicted molar refractivity (Wildman–Crippen MR) is 88.6 cm³/mol. The van der Waals surface area contributed by atoms with Gasteiger partial charge in [-0.2, -0.15) is 13.2 Å². The van der Waals surface area contributed by atoms with Gasteiger partial charge in [-0.1, -0.05) is 12.8 Å². The lowest BCUT2D eigenvalue weighted by Gasteiger charge is -2.28. The number of alkyl halides is 3. The monoisotopic (exact) mass is 368 g/mol. The van der Waals surface area contributed by atoms with E-state index in [1.165, 1.54) is 0 Å². The number of rotatable bonds is 3. The SMILES string of the molecule is Cc1cc(NC2CCCCC2O)nnc1-c1ncc(C(F)(F)F)cc1O. The number of anilines is 1. The minimum atomic E-state index is -4.58. The molecule has 2 atom stereocenters. The lowest BCUT2D eigenvalue weighted by Crippen LogP contribution is -2.36. The largest absolute Gasteiger partial charge is 0.506 e. The van der Waals surface area contributed by atoms with Crippen LogP contribution in [0.1, 0.15) is 36.8 Å². The molecule has 1 aliphatic carbocycles. The first-order valence-electron chi connectivity index (χ1n) is 8.31. The van der Waals surface area contributed by atoms with Crippen molar-refractivity contribution in [3.05, 3.63) is 29.5 Å². The van der Waals surface area contributed by atoms with Crippen LogP contribution in [0.2, 0.25) is 0 Å². The number of nitrogens with one attached hydrogen (secondary N) is 1. The molecular weight excluding hydrogens is 349 g/mol. The molecule has 0 radical (unpaired) electrons. The van der Waals surface area contributed by atoms with Gasteiger partial charge in [0.1, 0.15) is 23.0 Å². The smallest absolute Gasteiger partial charge is 0.418 e. The Bertz CT molecular complexity index is 798. The summed E-state index contributed by atoms with van der Waals surface area (Å²) in [5.41, 5.74) is -0.303. The number of hydrogen-bond donors (Lipinski definition) is 3. The molecule has 26 heavy (non-hydrogen) atoms. The van der Waals surface area contributed by atoms with Crippen LogP contribution in [0.4, 0.5) is 19.0 Å². The molecule has 6 nitrogen and oxygen atoms in total. The van der Waals surface area contributed by atoms with Crippen LogP contribution >= 0.6 is 0 Å². The fourth-order valence-electron chi connectivity index (χ4n) is 3.05. The van der Waals surface area contributed by atoms with Crippen LogP contribution in [0, 0.1) is 6.92 Å². The molecule has 0 spiro atoms. The number of aliphatic hydroxyl groups excluding tert-OH is 1. The van der Waals surface area contributed by atoms with Crippen LogP contribution in [0.25, 0.3) is 11.4 Å². The first-order valence-corrected chi connectivity index (χ1v) is 8.31. The third-order valence-electron chi connectivity index (χ3n) is 4.47. The topological polar surface area (TPSA) is 91.2 Å². The molecule has 2 aromatic heterocycles. The summed E-state index contributed by atoms with van der Waals surface area (Å²) in [5, 5.41) is 31.1. The van der Waals surface area contributed by atoms with Gasteiger partial charge in [0, 0.05) is 6.20 Å². The molecule has 2 heterocycles. The van der Waals surface area contributed by atoms with Gasteiger partial charge in [-0.05, 0) is 37.5 Å². The van der Waals surface area contributed by atoms with Gasteiger partial charge in [0.25, 0.3) is 0 Å². The first kappa shape index (κ1) is 18.4. The third kappa shape index (κ3) is 3.87. The summed E-state index contributed by atoms with van der Waals surface area (Å²) in [7, 11) is 0. The van der Waals surface area contributed by atoms with Crippen molar-refractivity contribution >= 4 is 5.82 Å². The Morgan fingerprint density at radius 1 is 1.12 bits per heavy atom. The van der Waals surface area contributed by atoms with Gasteiger partial charge in [0.05, 0.1) is 17.7 Å². The van der Waals surface area contributed by atoms with Crippen LogP contribution in [0.5, 0.6) is 5.75 Å². The Labute approximate surface area is 148 Å². The van der Waals surface area contributed by atoms with Crippen LogP contribution < -0.4 is 5.32 Å². The minimum Gasteiger partial charge on any atom is -0.506 e. The average Bonchev–Trinajstić information content (AvgIpc) is 2.57. The van der Waals surface area contributed by atoms with E-state index < -0.39 is 23.6 Å². The van der Waals surface area contributed by atoms with E-state index in [1.807, 2.05) is 0 Å². The van der Waals surface area contributed by atoms with E-state index >= 15 is 0 Å². The van der Waals surface area contributed by atoms with Crippen molar-refractivity contribution in [1.29, 1.82) is 0 Å². The van der Waals surface area contributed by atoms with Crippen molar-refractivity contribution in [3.8, 4) is 17.1 Å². The highest BCUT2D eigenvalue weighted by Crippen LogP contribution is 2.35. The summed E-state index contributed by atoms with van der Waals surface area (Å²) < 4.78 is 38.0. The molecule has 1 saturated carbocycles. The maximum atomic E-state index is 12.7. The molecule has 2 unspecified atom stereocenters. The fourth-order valence-corrected chi connectivity index (χ4v) is 3.05. The summed E-state index contributed by atoms with van der Waals surface area (Å²) in [4.78, 5) is 3.70. The summed E-state index contributed by atoms with van der Waals surface area (Å²) in [6, 6.07) is 2.18. The molecule has 0 aliphatic heterocycles. The van der Waals surface area contributed by atoms with Crippen molar-refractivity contribution in [3.63, 3.8) is 0 Å². The summed E-state index contributed by atoms with van der Waals surface area (Å²) in [6.07, 6.45) is -0.828. The number of hydrogen-bond acceptors (Lipinski definition) is 6. The third-order valence-corrected chi connectivity index (χ3v) is 4.47. The van der Waals surface area contributed by atoms with Gasteiger partial charge in [-0.3, -0.25) is 0 Å². The first-order chi connectivity index (χ1) is 12.3. The Kier molecular flexibility index (Phi) is 4.99. The standard InChI is InChI=1S/C17H19F3N4O2/c1-9-6-14(22-11-4-2-3-5-12(11)25)23-24-15(9)16-13(26)7-10(8-21-16)17(18,19)20/h6-8,11-12,25-26H,2-5H2,1H3,(H,22,23). The molecule has 9 heteroatoms. The molecule has 3 rings (SSSR count). The highest BCUT2D eigenvalue weighted by molar-refractivity contribution is 5.66. The number of aromatic hydroxyl groups is 1. The molecule has 2 aromatic rings. The summed E-state index contributed by atoms with van der Waals surface area (Å²) >= 11 is 0. The van der Waals surface area contributed by atoms with Crippen LogP contribution in [0.3, 0.4) is 0 Å². The van der Waals surface area contributed by atoms with Crippen molar-refractivity contribution in [2.45, 2.75) is 50.9 Å². The van der Waals surface area contributed by atoms with E-state index in [2.05, 4.69) is 20.5 Å². The number of aromatic nitrogens is 3. The highest BCUT2D eigenvalue weighted by Gasteiger charge is 2.32. The maximum absolute atomic E-state index is 12.7. The molecular formula is C17H19F3N4O2. The van der Waals surface area contributed by atoms with Gasteiger partial charge in [-0.15, -0.1) is 10.2 Å². The number of nitrogens with zero attached hydrogens (tertiary/aromatic N) is 3. The van der Waals surface area contributed by atoms with Crippen molar-refractivity contribution in [2.75, 3.05) is 5.32 Å². The molecule has 140 valence electrons. The molecule has 1 fully saturated rings. The molecule has 1 aliphatic rings. The fraction of sp³-hybridized carbons (Fsp3) is 0.471. The van der Waals surface area contributed by atoms with E-state index in [4.69, 9.17) is 0 Å². The van der Waals surface area contributed by atoms with Crippen LogP contribution in [-0.2, 0) is 6.18 Å². The van der Waals surface area contributed by atoms with Crippen molar-refractivity contribution < 1.29 is 23.4 Å². The average molecular weight is 368 g/mol. The molecule has 0 amide bonds. The second kappa shape index (κ2) is 7.06. The minimum absolute atomic E-state index is 0.0627. The second-order valence-electron chi connectivity index (χ2n) is 6.45. The molecule has 0 bridgehead atoms. The lowest BCUT2D eigenvalue weighted by molar-refractivity contribution is -0.137. The Balaban J connectivity index is 1.84. The van der Waals surface area contributed by atoms with Gasteiger partial charge in [0.15, 0.2) is 0 Å². The van der Waals surface area contributed by atoms with E-state index in [0.717, 1.165) is 25.7 Å². The summed E-state index contributed by atoms with van der Waals surface area (Å²) in [5.74, 6) is -0.149. The van der Waals surface area contributed by atoms with E-state index in [0.29, 0.717) is 23.6 Å². The van der Waals surface area contributed by atoms with E-state index in [9.17, 15) is 23.4 Å². The van der Waals surface area contributed by atoms with Crippen LogP contribution in [0.15, 0.2) is 18.3 Å². The highest BCUT2D eigenvalue weighted by atomic mass is 19.4. The van der Waals surface area contributed by atoms with Crippen molar-refractivity contribution in [2.24, 2.45) is 0 Å². The number of halogens is 3. The van der Waals surface area contributed by atoms with Gasteiger partial charge >= 0.3 is 6.18 Å². The van der Waals surface area contributed by atoms with E-state index in [-0.39, 0.29) is 17.4 Å². The van der Waals surface area contributed by atoms with Gasteiger partial charge < -0.3 is 15.5 Å². The number of pyridine rings is 1. The number of aliphatic hydroxyl groups is 1. The van der Waals surface area contributed by atoms with E-state index in [1.54, 1.807) is 13.0 Å². The Morgan fingerprint density at radius 2 is 1.85 bits per heavy atom. The zero-order chi connectivity index (χ0) is 18.9. The quantitative estimate of drug-likeness (QED) is 0.770. The lowest BCUT2D eigenvalue weighted by atomic mass is 9.92. The second-order valence-corrected chi connectivity index (χ2v) is 6.45. The molecule has 0 saturated heterocycles. The molecule has 0 aromatic carbocycles. The number of aryl methyl sites for hydroxylation is 1.